The molecule has 0 bridgehead atoms. The Morgan fingerprint density at radius 1 is 1.24 bits per heavy atom. The lowest BCUT2D eigenvalue weighted by Crippen LogP contribution is -2.32. The molecule has 0 saturated carbocycles. The molecule has 0 unspecified atom stereocenters. The van der Waals surface area contributed by atoms with E-state index in [0.29, 0.717) is 0 Å². The SMILES string of the molecule is CSc1ccc(NCC2CCN(C)CC2)cc1. The highest BCUT2D eigenvalue weighted by molar-refractivity contribution is 7.98. The molecule has 0 radical (unpaired) electrons. The second-order valence-electron chi connectivity index (χ2n) is 4.86. The molecule has 17 heavy (non-hydrogen) atoms. The lowest BCUT2D eigenvalue weighted by molar-refractivity contribution is 0.226. The Balaban J connectivity index is 1.77. The van der Waals surface area contributed by atoms with Gasteiger partial charge in [0, 0.05) is 17.1 Å². The highest BCUT2D eigenvalue weighted by Crippen LogP contribution is 2.20. The predicted octanol–water partition coefficient (Wildman–Crippen LogP) is 3.16. The van der Waals surface area contributed by atoms with E-state index in [-0.39, 0.29) is 0 Å². The van der Waals surface area contributed by atoms with Crippen molar-refractivity contribution in [2.75, 3.05) is 38.3 Å². The molecule has 1 heterocycles. The van der Waals surface area contributed by atoms with Crippen molar-refractivity contribution in [3.8, 4) is 0 Å². The van der Waals surface area contributed by atoms with Gasteiger partial charge in [0.15, 0.2) is 0 Å². The number of hydrogen-bond donors (Lipinski definition) is 1. The number of likely N-dealkylation sites (tertiary alicyclic amines) is 1. The molecule has 3 heteroatoms. The van der Waals surface area contributed by atoms with E-state index in [0.717, 1.165) is 12.5 Å². The summed E-state index contributed by atoms with van der Waals surface area (Å²) in [5.41, 5.74) is 1.25. The van der Waals surface area contributed by atoms with Gasteiger partial charge in [-0.15, -0.1) is 11.8 Å². The average Bonchev–Trinajstić information content (AvgIpc) is 2.39. The van der Waals surface area contributed by atoms with E-state index in [1.807, 2.05) is 0 Å². The monoisotopic (exact) mass is 250 g/mol. The molecule has 1 N–H and O–H groups in total. The fourth-order valence-corrected chi connectivity index (χ4v) is 2.65. The first kappa shape index (κ1) is 12.8. The number of nitrogens with zero attached hydrogens (tertiary/aromatic N) is 1. The largest absolute Gasteiger partial charge is 0.385 e. The van der Waals surface area contributed by atoms with Gasteiger partial charge in [0.05, 0.1) is 0 Å². The van der Waals surface area contributed by atoms with E-state index in [2.05, 4.69) is 47.8 Å². The van der Waals surface area contributed by atoms with E-state index in [9.17, 15) is 0 Å². The van der Waals surface area contributed by atoms with Crippen molar-refractivity contribution in [1.82, 2.24) is 4.90 Å². The Labute approximate surface area is 109 Å². The van der Waals surface area contributed by atoms with E-state index >= 15 is 0 Å². The maximum Gasteiger partial charge on any atom is 0.0341 e. The van der Waals surface area contributed by atoms with Crippen molar-refractivity contribution < 1.29 is 0 Å². The highest BCUT2D eigenvalue weighted by atomic mass is 32.2. The number of anilines is 1. The summed E-state index contributed by atoms with van der Waals surface area (Å²) in [6, 6.07) is 8.73. The quantitative estimate of drug-likeness (QED) is 0.826. The Morgan fingerprint density at radius 2 is 1.88 bits per heavy atom. The maximum absolute atomic E-state index is 3.55. The van der Waals surface area contributed by atoms with Crippen LogP contribution in [0.1, 0.15) is 12.8 Å². The Morgan fingerprint density at radius 3 is 2.47 bits per heavy atom. The zero-order chi connectivity index (χ0) is 12.1. The molecule has 0 amide bonds. The number of piperidine rings is 1. The van der Waals surface area contributed by atoms with Crippen LogP contribution in [0.25, 0.3) is 0 Å². The van der Waals surface area contributed by atoms with Crippen LogP contribution in [-0.4, -0.2) is 37.8 Å². The fourth-order valence-electron chi connectivity index (χ4n) is 2.24. The molecule has 0 aromatic heterocycles. The van der Waals surface area contributed by atoms with Crippen LogP contribution in [0.2, 0.25) is 0 Å². The minimum absolute atomic E-state index is 0.839. The summed E-state index contributed by atoms with van der Waals surface area (Å²) >= 11 is 1.79. The van der Waals surface area contributed by atoms with Crippen LogP contribution >= 0.6 is 11.8 Å². The first-order valence-electron chi connectivity index (χ1n) is 6.34. The van der Waals surface area contributed by atoms with Crippen molar-refractivity contribution in [2.45, 2.75) is 17.7 Å². The van der Waals surface area contributed by atoms with Gasteiger partial charge < -0.3 is 10.2 Å². The Kier molecular flexibility index (Phi) is 4.75. The van der Waals surface area contributed by atoms with Crippen LogP contribution < -0.4 is 5.32 Å². The summed E-state index contributed by atoms with van der Waals surface area (Å²) in [5, 5.41) is 3.55. The van der Waals surface area contributed by atoms with Crippen LogP contribution in [0.15, 0.2) is 29.2 Å². The maximum atomic E-state index is 3.55. The summed E-state index contributed by atoms with van der Waals surface area (Å²) in [6.45, 7) is 3.61. The number of nitrogens with one attached hydrogen (secondary N) is 1. The summed E-state index contributed by atoms with van der Waals surface area (Å²) < 4.78 is 0. The van der Waals surface area contributed by atoms with Gasteiger partial charge in [-0.2, -0.15) is 0 Å². The topological polar surface area (TPSA) is 15.3 Å². The molecule has 2 rings (SSSR count). The van der Waals surface area contributed by atoms with Crippen molar-refractivity contribution in [3.63, 3.8) is 0 Å². The van der Waals surface area contributed by atoms with Gasteiger partial charge in [-0.1, -0.05) is 0 Å². The van der Waals surface area contributed by atoms with Crippen molar-refractivity contribution in [3.05, 3.63) is 24.3 Å². The molecule has 1 saturated heterocycles. The van der Waals surface area contributed by atoms with Gasteiger partial charge in [-0.3, -0.25) is 0 Å². The molecule has 1 fully saturated rings. The second kappa shape index (κ2) is 6.31. The molecule has 1 aliphatic rings. The Hall–Kier alpha value is -0.670. The molecule has 2 nitrogen and oxygen atoms in total. The van der Waals surface area contributed by atoms with E-state index in [4.69, 9.17) is 0 Å². The van der Waals surface area contributed by atoms with Crippen LogP contribution in [0, 0.1) is 5.92 Å². The van der Waals surface area contributed by atoms with Gasteiger partial charge in [0.1, 0.15) is 0 Å². The molecule has 1 aromatic carbocycles. The lowest BCUT2D eigenvalue weighted by Gasteiger charge is -2.29. The van der Waals surface area contributed by atoms with Crippen LogP contribution in [0.5, 0.6) is 0 Å². The van der Waals surface area contributed by atoms with Gasteiger partial charge >= 0.3 is 0 Å². The molecule has 0 atom stereocenters. The zero-order valence-corrected chi connectivity index (χ0v) is 11.6. The molecule has 94 valence electrons. The smallest absolute Gasteiger partial charge is 0.0341 e. The van der Waals surface area contributed by atoms with E-state index in [1.54, 1.807) is 11.8 Å². The van der Waals surface area contributed by atoms with Crippen LogP contribution in [0.4, 0.5) is 5.69 Å². The lowest BCUT2D eigenvalue weighted by atomic mass is 9.97. The van der Waals surface area contributed by atoms with Crippen molar-refractivity contribution >= 4 is 17.4 Å². The first-order valence-corrected chi connectivity index (χ1v) is 7.57. The molecule has 1 aromatic rings. The van der Waals surface area contributed by atoms with E-state index < -0.39 is 0 Å². The molecule has 1 aliphatic heterocycles. The number of benzene rings is 1. The molecular weight excluding hydrogens is 228 g/mol. The van der Waals surface area contributed by atoms with E-state index in [1.165, 1.54) is 36.5 Å². The van der Waals surface area contributed by atoms with Gasteiger partial charge in [0.25, 0.3) is 0 Å². The fraction of sp³-hybridized carbons (Fsp3) is 0.571. The van der Waals surface area contributed by atoms with Crippen LogP contribution in [-0.2, 0) is 0 Å². The van der Waals surface area contributed by atoms with Gasteiger partial charge in [-0.05, 0) is 69.4 Å². The minimum atomic E-state index is 0.839. The highest BCUT2D eigenvalue weighted by Gasteiger charge is 2.15. The Bertz CT molecular complexity index is 329. The van der Waals surface area contributed by atoms with Crippen molar-refractivity contribution in [1.29, 1.82) is 0 Å². The minimum Gasteiger partial charge on any atom is -0.385 e. The third-order valence-electron chi connectivity index (χ3n) is 3.52. The summed E-state index contributed by atoms with van der Waals surface area (Å²) in [5.74, 6) is 0.839. The molecule has 0 aliphatic carbocycles. The summed E-state index contributed by atoms with van der Waals surface area (Å²) in [6.07, 6.45) is 4.76. The van der Waals surface area contributed by atoms with Gasteiger partial charge in [0.2, 0.25) is 0 Å². The summed E-state index contributed by atoms with van der Waals surface area (Å²) in [7, 11) is 2.21. The third-order valence-corrected chi connectivity index (χ3v) is 4.27. The first-order chi connectivity index (χ1) is 8.28. The third kappa shape index (κ3) is 3.93. The molecule has 0 spiro atoms. The van der Waals surface area contributed by atoms with Crippen LogP contribution in [0.3, 0.4) is 0 Å². The second-order valence-corrected chi connectivity index (χ2v) is 5.74. The number of rotatable bonds is 4. The van der Waals surface area contributed by atoms with Crippen molar-refractivity contribution in [2.24, 2.45) is 5.92 Å². The zero-order valence-electron chi connectivity index (χ0n) is 10.8. The average molecular weight is 250 g/mol. The van der Waals surface area contributed by atoms with Gasteiger partial charge in [-0.25, -0.2) is 0 Å². The summed E-state index contributed by atoms with van der Waals surface area (Å²) in [4.78, 5) is 3.75. The molecular formula is C14H22N2S. The normalized spacial score (nSPS) is 18.2. The standard InChI is InChI=1S/C14H22N2S/c1-16-9-7-12(8-10-16)11-15-13-3-5-14(17-2)6-4-13/h3-6,12,15H,7-11H2,1-2H3. The number of hydrogen-bond acceptors (Lipinski definition) is 3. The predicted molar refractivity (Wildman–Crippen MR) is 76.9 cm³/mol. The number of thioether (sulfide) groups is 1.